The van der Waals surface area contributed by atoms with Gasteiger partial charge in [0.25, 0.3) is 0 Å². The van der Waals surface area contributed by atoms with Crippen LogP contribution in [0.15, 0.2) is 0 Å². The number of rotatable bonds is 0. The fourth-order valence-corrected chi connectivity index (χ4v) is 0. The molecule has 0 aromatic rings. The molecule has 0 aromatic carbocycles. The fourth-order valence-electron chi connectivity index (χ4n) is 0. The van der Waals surface area contributed by atoms with Crippen LogP contribution in [-0.2, 0) is 21.7 Å². The number of carboxylic acid groups (broad SMARTS) is 1. The van der Waals surface area contributed by atoms with Crippen molar-refractivity contribution in [2.45, 2.75) is 0 Å². The Morgan fingerprint density at radius 2 is 1.80 bits per heavy atom. The summed E-state index contributed by atoms with van der Waals surface area (Å²) in [6.45, 7) is 0. The van der Waals surface area contributed by atoms with Crippen LogP contribution in [0.5, 0.6) is 0 Å². The van der Waals surface area contributed by atoms with Gasteiger partial charge in [0.1, 0.15) is 0 Å². The van der Waals surface area contributed by atoms with Crippen LogP contribution < -0.4 is 0 Å². The SMILES string of the molecule is O=C(O)F.[Ti]. The summed E-state index contributed by atoms with van der Waals surface area (Å²) in [6, 6.07) is 0. The maximum Gasteiger partial charge on any atom is 0.492 e. The van der Waals surface area contributed by atoms with Crippen molar-refractivity contribution in [3.63, 3.8) is 0 Å². The van der Waals surface area contributed by atoms with E-state index in [2.05, 4.69) is 0 Å². The first-order chi connectivity index (χ1) is 1.73. The molecule has 0 fully saturated rings. The summed E-state index contributed by atoms with van der Waals surface area (Å²) < 4.78 is 9.92. The fraction of sp³-hybridized carbons (Fsp3) is 0. The Bertz CT molecular complexity index is 32.6. The number of hydrogen-bond acceptors (Lipinski definition) is 1. The van der Waals surface area contributed by atoms with Crippen molar-refractivity contribution >= 4 is 6.22 Å². The zero-order valence-corrected chi connectivity index (χ0v) is 3.79. The number of hydrogen-bond donors (Lipinski definition) is 1. The van der Waals surface area contributed by atoms with E-state index in [1.54, 1.807) is 0 Å². The van der Waals surface area contributed by atoms with Crippen molar-refractivity contribution in [1.82, 2.24) is 0 Å². The van der Waals surface area contributed by atoms with Gasteiger partial charge in [-0.25, -0.2) is 4.79 Å². The molecule has 4 heteroatoms. The smallest absolute Gasteiger partial charge is 0.456 e. The molecule has 0 amide bonds. The summed E-state index contributed by atoms with van der Waals surface area (Å²) >= 11 is 0. The summed E-state index contributed by atoms with van der Waals surface area (Å²) in [7, 11) is 0. The molecule has 0 saturated carbocycles. The van der Waals surface area contributed by atoms with Gasteiger partial charge in [-0.3, -0.25) is 0 Å². The average Bonchev–Trinajstić information content (AvgIpc) is 0.811. The maximum atomic E-state index is 9.92. The third-order valence-electron chi connectivity index (χ3n) is 0. The normalized spacial score (nSPS) is 5.00. The Morgan fingerprint density at radius 3 is 1.80 bits per heavy atom. The van der Waals surface area contributed by atoms with Gasteiger partial charge in [-0.05, 0) is 0 Å². The first kappa shape index (κ1) is 8.93. The van der Waals surface area contributed by atoms with Crippen LogP contribution in [0.25, 0.3) is 0 Å². The van der Waals surface area contributed by atoms with Gasteiger partial charge >= 0.3 is 6.22 Å². The zero-order valence-electron chi connectivity index (χ0n) is 2.23. The van der Waals surface area contributed by atoms with Gasteiger partial charge in [0.2, 0.25) is 0 Å². The molecule has 0 spiro atoms. The van der Waals surface area contributed by atoms with Gasteiger partial charge in [0, 0.05) is 21.7 Å². The molecular formula is CHFO2Ti. The van der Waals surface area contributed by atoms with Crippen LogP contribution in [0.3, 0.4) is 0 Å². The van der Waals surface area contributed by atoms with Gasteiger partial charge in [0.05, 0.1) is 0 Å². The summed E-state index contributed by atoms with van der Waals surface area (Å²) in [4.78, 5) is 8.33. The topological polar surface area (TPSA) is 37.3 Å². The third kappa shape index (κ3) is 1410. The molecule has 0 rings (SSSR count). The van der Waals surface area contributed by atoms with E-state index in [9.17, 15) is 4.39 Å². The molecule has 0 aliphatic carbocycles. The largest absolute Gasteiger partial charge is 0.492 e. The third-order valence-corrected chi connectivity index (χ3v) is 0. The first-order valence-electron chi connectivity index (χ1n) is 0.617. The molecule has 0 aliphatic rings. The van der Waals surface area contributed by atoms with Gasteiger partial charge in [0.15, 0.2) is 0 Å². The Balaban J connectivity index is 0. The average molecular weight is 112 g/mol. The van der Waals surface area contributed by atoms with Crippen LogP contribution in [0.2, 0.25) is 0 Å². The van der Waals surface area contributed by atoms with Crippen LogP contribution in [0.4, 0.5) is 9.18 Å². The van der Waals surface area contributed by atoms with Crippen molar-refractivity contribution in [1.29, 1.82) is 0 Å². The van der Waals surface area contributed by atoms with Crippen LogP contribution in [-0.4, -0.2) is 11.3 Å². The van der Waals surface area contributed by atoms with Crippen molar-refractivity contribution in [3.05, 3.63) is 0 Å². The van der Waals surface area contributed by atoms with Crippen molar-refractivity contribution in [2.24, 2.45) is 0 Å². The second-order valence-electron chi connectivity index (χ2n) is 0.253. The van der Waals surface area contributed by atoms with E-state index in [4.69, 9.17) is 9.90 Å². The molecule has 2 nitrogen and oxygen atoms in total. The minimum Gasteiger partial charge on any atom is -0.456 e. The second kappa shape index (κ2) is 4.11. The van der Waals surface area contributed by atoms with Crippen molar-refractivity contribution < 1.29 is 36.0 Å². The summed E-state index contributed by atoms with van der Waals surface area (Å²) in [5, 5.41) is 6.75. The maximum absolute atomic E-state index is 9.92. The molecule has 0 aromatic heterocycles. The Morgan fingerprint density at radius 1 is 1.80 bits per heavy atom. The van der Waals surface area contributed by atoms with Gasteiger partial charge in [-0.1, -0.05) is 0 Å². The molecule has 0 heterocycles. The van der Waals surface area contributed by atoms with E-state index in [1.807, 2.05) is 0 Å². The van der Waals surface area contributed by atoms with E-state index in [0.29, 0.717) is 0 Å². The van der Waals surface area contributed by atoms with E-state index >= 15 is 0 Å². The number of halogens is 1. The zero-order chi connectivity index (χ0) is 3.58. The molecule has 0 unspecified atom stereocenters. The van der Waals surface area contributed by atoms with E-state index in [-0.39, 0.29) is 21.7 Å². The Kier molecular flexibility index (Phi) is 7.34. The first-order valence-corrected chi connectivity index (χ1v) is 0.617. The summed E-state index contributed by atoms with van der Waals surface area (Å²) in [5.41, 5.74) is 0. The molecule has 1 N–H and O–H groups in total. The predicted molar refractivity (Wildman–Crippen MR) is 9.13 cm³/mol. The monoisotopic (exact) mass is 112 g/mol. The van der Waals surface area contributed by atoms with E-state index in [1.165, 1.54) is 0 Å². The molecule has 0 bridgehead atoms. The minimum absolute atomic E-state index is 0. The molecule has 0 atom stereocenters. The van der Waals surface area contributed by atoms with Crippen LogP contribution in [0, 0.1) is 0 Å². The van der Waals surface area contributed by atoms with E-state index < -0.39 is 6.22 Å². The molecule has 0 saturated heterocycles. The standard InChI is InChI=1S/CHFO2.Ti/c2-1(3)4;/h(H,3,4);. The van der Waals surface area contributed by atoms with Crippen molar-refractivity contribution in [2.75, 3.05) is 0 Å². The molecule has 28 valence electrons. The molecule has 0 radical (unpaired) electrons. The van der Waals surface area contributed by atoms with Crippen molar-refractivity contribution in [3.8, 4) is 0 Å². The summed E-state index contributed by atoms with van der Waals surface area (Å²) in [5.74, 6) is 0. The molecular weight excluding hydrogens is 111 g/mol. The van der Waals surface area contributed by atoms with Gasteiger partial charge in [-0.2, -0.15) is 0 Å². The van der Waals surface area contributed by atoms with Crippen LogP contribution in [0.1, 0.15) is 0 Å². The second-order valence-corrected chi connectivity index (χ2v) is 0.253. The number of carbonyl (C=O) groups is 1. The molecule has 5 heavy (non-hydrogen) atoms. The Hall–Kier alpha value is 0.114. The van der Waals surface area contributed by atoms with E-state index in [0.717, 1.165) is 0 Å². The molecule has 0 aliphatic heterocycles. The van der Waals surface area contributed by atoms with Crippen LogP contribution >= 0.6 is 0 Å². The Labute approximate surface area is 42.9 Å². The quantitative estimate of drug-likeness (QED) is 0.368. The van der Waals surface area contributed by atoms with Gasteiger partial charge in [-0.15, -0.1) is 4.39 Å². The minimum atomic E-state index is -2.33. The summed E-state index contributed by atoms with van der Waals surface area (Å²) in [6.07, 6.45) is -2.33. The van der Waals surface area contributed by atoms with Gasteiger partial charge < -0.3 is 5.11 Å². The predicted octanol–water partition coefficient (Wildman–Crippen LogP) is 0.631.